The summed E-state index contributed by atoms with van der Waals surface area (Å²) >= 11 is 0. The van der Waals surface area contributed by atoms with Crippen LogP contribution in [0.25, 0.3) is 0 Å². The Labute approximate surface area is 123 Å². The number of nitrogens with one attached hydrogen (secondary N) is 1. The average Bonchev–Trinajstić information content (AvgIpc) is 2.98. The number of carbonyl (C=O) groups is 2. The first-order valence-corrected chi connectivity index (χ1v) is 7.04. The molecule has 0 radical (unpaired) electrons. The molecule has 1 fully saturated rings. The summed E-state index contributed by atoms with van der Waals surface area (Å²) in [5.74, 6) is -0.626. The molecular weight excluding hydrogens is 275 g/mol. The largest absolute Gasteiger partial charge is 0.481 e. The lowest BCUT2D eigenvalue weighted by molar-refractivity contribution is -0.134. The summed E-state index contributed by atoms with van der Waals surface area (Å²) in [6.07, 6.45) is 1.23. The highest BCUT2D eigenvalue weighted by atomic mass is 19.1. The van der Waals surface area contributed by atoms with Crippen LogP contribution in [0.15, 0.2) is 24.3 Å². The van der Waals surface area contributed by atoms with Crippen LogP contribution in [0.5, 0.6) is 5.75 Å². The molecule has 1 atom stereocenters. The third-order valence-corrected chi connectivity index (χ3v) is 3.35. The number of hydrogen-bond donors (Lipinski definition) is 1. The molecule has 2 rings (SSSR count). The Morgan fingerprint density at radius 2 is 2.10 bits per heavy atom. The van der Waals surface area contributed by atoms with E-state index in [0.29, 0.717) is 0 Å². The van der Waals surface area contributed by atoms with Crippen LogP contribution in [0.2, 0.25) is 0 Å². The number of ether oxygens (including phenoxy) is 1. The molecular formula is C15H19FN2O3. The van der Waals surface area contributed by atoms with E-state index in [1.807, 2.05) is 0 Å². The summed E-state index contributed by atoms with van der Waals surface area (Å²) in [4.78, 5) is 25.4. The van der Waals surface area contributed by atoms with E-state index in [-0.39, 0.29) is 18.2 Å². The molecule has 0 aromatic heterocycles. The number of carbonyl (C=O) groups excluding carboxylic acids is 2. The molecule has 1 aromatic carbocycles. The maximum Gasteiger partial charge on any atom is 0.261 e. The van der Waals surface area contributed by atoms with Crippen LogP contribution in [0.3, 0.4) is 0 Å². The number of rotatable bonds is 5. The standard InChI is InChI=1S/C15H19FN2O3/c1-11(21-13-6-4-5-12(16)9-13)15(20)17-10-14(19)18-7-2-3-8-18/h4-6,9,11H,2-3,7-8,10H2,1H3,(H,17,20)/t11-/m1/s1. The van der Waals surface area contributed by atoms with Gasteiger partial charge in [-0.1, -0.05) is 6.07 Å². The minimum atomic E-state index is -0.793. The molecule has 0 spiro atoms. The predicted octanol–water partition coefficient (Wildman–Crippen LogP) is 1.33. The molecule has 114 valence electrons. The van der Waals surface area contributed by atoms with Gasteiger partial charge in [-0.3, -0.25) is 9.59 Å². The Kier molecular flexibility index (Phi) is 5.14. The number of amides is 2. The Morgan fingerprint density at radius 1 is 1.38 bits per heavy atom. The Balaban J connectivity index is 1.78. The van der Waals surface area contributed by atoms with Gasteiger partial charge in [0.2, 0.25) is 5.91 Å². The number of halogens is 1. The van der Waals surface area contributed by atoms with E-state index in [4.69, 9.17) is 4.74 Å². The van der Waals surface area contributed by atoms with Gasteiger partial charge >= 0.3 is 0 Å². The van der Waals surface area contributed by atoms with Crippen molar-refractivity contribution in [3.05, 3.63) is 30.1 Å². The lowest BCUT2D eigenvalue weighted by atomic mass is 10.3. The fourth-order valence-corrected chi connectivity index (χ4v) is 2.18. The number of hydrogen-bond acceptors (Lipinski definition) is 3. The minimum Gasteiger partial charge on any atom is -0.481 e. The van der Waals surface area contributed by atoms with Crippen molar-refractivity contribution in [2.45, 2.75) is 25.9 Å². The molecule has 2 amide bonds. The zero-order valence-corrected chi connectivity index (χ0v) is 12.0. The summed E-state index contributed by atoms with van der Waals surface area (Å²) in [5, 5.41) is 2.55. The Bertz CT molecular complexity index is 515. The summed E-state index contributed by atoms with van der Waals surface area (Å²) in [5.41, 5.74) is 0. The summed E-state index contributed by atoms with van der Waals surface area (Å²) in [6, 6.07) is 5.58. The average molecular weight is 294 g/mol. The highest BCUT2D eigenvalue weighted by molar-refractivity contribution is 5.87. The van der Waals surface area contributed by atoms with Crippen molar-refractivity contribution in [1.82, 2.24) is 10.2 Å². The third-order valence-electron chi connectivity index (χ3n) is 3.35. The minimum absolute atomic E-state index is 0.0321. The van der Waals surface area contributed by atoms with E-state index < -0.39 is 17.8 Å². The fraction of sp³-hybridized carbons (Fsp3) is 0.467. The van der Waals surface area contributed by atoms with Crippen LogP contribution < -0.4 is 10.1 Å². The Morgan fingerprint density at radius 3 is 2.76 bits per heavy atom. The van der Waals surface area contributed by atoms with Crippen molar-refractivity contribution in [3.63, 3.8) is 0 Å². The van der Waals surface area contributed by atoms with Gasteiger partial charge < -0.3 is 15.0 Å². The Hall–Kier alpha value is -2.11. The second-order valence-electron chi connectivity index (χ2n) is 5.02. The van der Waals surface area contributed by atoms with Gasteiger partial charge in [0.25, 0.3) is 5.91 Å². The van der Waals surface area contributed by atoms with Crippen LogP contribution >= 0.6 is 0 Å². The lowest BCUT2D eigenvalue weighted by Gasteiger charge is -2.17. The van der Waals surface area contributed by atoms with E-state index in [0.717, 1.165) is 25.9 Å². The number of nitrogens with zero attached hydrogens (tertiary/aromatic N) is 1. The first kappa shape index (κ1) is 15.3. The van der Waals surface area contributed by atoms with E-state index in [1.54, 1.807) is 17.9 Å². The molecule has 5 nitrogen and oxygen atoms in total. The van der Waals surface area contributed by atoms with Crippen molar-refractivity contribution in [3.8, 4) is 5.75 Å². The maximum absolute atomic E-state index is 13.0. The van der Waals surface area contributed by atoms with Gasteiger partial charge in [-0.15, -0.1) is 0 Å². The lowest BCUT2D eigenvalue weighted by Crippen LogP contribution is -2.43. The molecule has 1 heterocycles. The molecule has 1 aliphatic heterocycles. The van der Waals surface area contributed by atoms with Crippen LogP contribution in [-0.4, -0.2) is 42.5 Å². The first-order valence-electron chi connectivity index (χ1n) is 7.04. The van der Waals surface area contributed by atoms with Crippen LogP contribution in [0, 0.1) is 5.82 Å². The van der Waals surface area contributed by atoms with Gasteiger partial charge in [0.15, 0.2) is 6.10 Å². The predicted molar refractivity (Wildman–Crippen MR) is 75.3 cm³/mol. The fourth-order valence-electron chi connectivity index (χ4n) is 2.18. The van der Waals surface area contributed by atoms with Gasteiger partial charge in [-0.05, 0) is 31.9 Å². The molecule has 21 heavy (non-hydrogen) atoms. The van der Waals surface area contributed by atoms with Gasteiger partial charge in [-0.25, -0.2) is 4.39 Å². The second-order valence-corrected chi connectivity index (χ2v) is 5.02. The van der Waals surface area contributed by atoms with Gasteiger partial charge in [0, 0.05) is 19.2 Å². The van der Waals surface area contributed by atoms with E-state index >= 15 is 0 Å². The van der Waals surface area contributed by atoms with Crippen molar-refractivity contribution in [1.29, 1.82) is 0 Å². The summed E-state index contributed by atoms with van der Waals surface area (Å²) in [6.45, 7) is 3.03. The van der Waals surface area contributed by atoms with E-state index in [1.165, 1.54) is 18.2 Å². The summed E-state index contributed by atoms with van der Waals surface area (Å²) < 4.78 is 18.4. The monoisotopic (exact) mass is 294 g/mol. The van der Waals surface area contributed by atoms with E-state index in [2.05, 4.69) is 5.32 Å². The highest BCUT2D eigenvalue weighted by Crippen LogP contribution is 2.13. The molecule has 0 unspecified atom stereocenters. The summed E-state index contributed by atoms with van der Waals surface area (Å²) in [7, 11) is 0. The van der Waals surface area contributed by atoms with Crippen molar-refractivity contribution >= 4 is 11.8 Å². The topological polar surface area (TPSA) is 58.6 Å². The number of benzene rings is 1. The number of likely N-dealkylation sites (tertiary alicyclic amines) is 1. The molecule has 6 heteroatoms. The molecule has 1 aromatic rings. The maximum atomic E-state index is 13.0. The quantitative estimate of drug-likeness (QED) is 0.891. The molecule has 1 N–H and O–H groups in total. The molecule has 1 saturated heterocycles. The van der Waals surface area contributed by atoms with Gasteiger partial charge in [0.05, 0.1) is 6.54 Å². The second kappa shape index (κ2) is 7.06. The smallest absolute Gasteiger partial charge is 0.261 e. The zero-order valence-electron chi connectivity index (χ0n) is 12.0. The normalized spacial score (nSPS) is 15.6. The van der Waals surface area contributed by atoms with Crippen LogP contribution in [0.4, 0.5) is 4.39 Å². The van der Waals surface area contributed by atoms with Gasteiger partial charge in [-0.2, -0.15) is 0 Å². The van der Waals surface area contributed by atoms with Crippen molar-refractivity contribution in [2.24, 2.45) is 0 Å². The van der Waals surface area contributed by atoms with E-state index in [9.17, 15) is 14.0 Å². The molecule has 0 aliphatic carbocycles. The third kappa shape index (κ3) is 4.44. The van der Waals surface area contributed by atoms with Crippen molar-refractivity contribution in [2.75, 3.05) is 19.6 Å². The SMILES string of the molecule is C[C@@H](Oc1cccc(F)c1)C(=O)NCC(=O)N1CCCC1. The highest BCUT2D eigenvalue weighted by Gasteiger charge is 2.20. The zero-order chi connectivity index (χ0) is 15.2. The van der Waals surface area contributed by atoms with Crippen molar-refractivity contribution < 1.29 is 18.7 Å². The van der Waals surface area contributed by atoms with Gasteiger partial charge in [0.1, 0.15) is 11.6 Å². The molecule has 1 aliphatic rings. The van der Waals surface area contributed by atoms with Crippen LogP contribution in [-0.2, 0) is 9.59 Å². The van der Waals surface area contributed by atoms with Crippen LogP contribution in [0.1, 0.15) is 19.8 Å². The first-order chi connectivity index (χ1) is 10.1. The molecule has 0 bridgehead atoms. The molecule has 0 saturated carbocycles.